The normalized spacial score (nSPS) is 17.2. The summed E-state index contributed by atoms with van der Waals surface area (Å²) < 4.78 is 0. The first-order chi connectivity index (χ1) is 15.8. The fourth-order valence-corrected chi connectivity index (χ4v) is 4.68. The molecule has 0 unspecified atom stereocenters. The average Bonchev–Trinajstić information content (AvgIpc) is 2.78. The first-order valence-electron chi connectivity index (χ1n) is 12.6. The van der Waals surface area contributed by atoms with E-state index in [4.69, 9.17) is 0 Å². The van der Waals surface area contributed by atoms with Gasteiger partial charge in [-0.05, 0) is 36.7 Å². The number of carbonyl (C=O) groups excluding carboxylic acids is 3. The lowest BCUT2D eigenvalue weighted by Crippen LogP contribution is -2.55. The highest BCUT2D eigenvalue weighted by molar-refractivity contribution is 5.89. The maximum Gasteiger partial charge on any atom is 0.242 e. The van der Waals surface area contributed by atoms with Gasteiger partial charge in [0, 0.05) is 6.42 Å². The van der Waals surface area contributed by atoms with Gasteiger partial charge >= 0.3 is 0 Å². The van der Waals surface area contributed by atoms with Crippen LogP contribution in [0.5, 0.6) is 0 Å². The Kier molecular flexibility index (Phi) is 11.6. The highest BCUT2D eigenvalue weighted by Gasteiger charge is 2.32. The van der Waals surface area contributed by atoms with E-state index >= 15 is 0 Å². The number of ketones is 1. The van der Waals surface area contributed by atoms with Crippen LogP contribution in [-0.2, 0) is 20.8 Å². The molecule has 0 bridgehead atoms. The zero-order valence-corrected chi connectivity index (χ0v) is 20.5. The second kappa shape index (κ2) is 14.1. The fraction of sp³-hybridized carbons (Fsp3) is 0.667. The van der Waals surface area contributed by atoms with Gasteiger partial charge in [0.15, 0.2) is 5.78 Å². The van der Waals surface area contributed by atoms with Gasteiger partial charge in [0.1, 0.15) is 12.1 Å². The number of Topliss-reactive ketones (excluding diaryl/α,β-unsaturated/α-hetero) is 1. The van der Waals surface area contributed by atoms with E-state index < -0.39 is 18.2 Å². The molecule has 0 radical (unpaired) electrons. The zero-order valence-electron chi connectivity index (χ0n) is 20.5. The van der Waals surface area contributed by atoms with Crippen molar-refractivity contribution in [2.75, 3.05) is 0 Å². The average molecular weight is 459 g/mol. The quantitative estimate of drug-likeness (QED) is 0.417. The van der Waals surface area contributed by atoms with E-state index in [9.17, 15) is 19.5 Å². The molecule has 1 aromatic carbocycles. The van der Waals surface area contributed by atoms with Crippen molar-refractivity contribution in [1.29, 1.82) is 0 Å². The number of benzene rings is 1. The minimum absolute atomic E-state index is 0.196. The predicted octanol–water partition coefficient (Wildman–Crippen LogP) is 3.95. The Balaban J connectivity index is 2.09. The topological polar surface area (TPSA) is 95.5 Å². The molecule has 1 fully saturated rings. The highest BCUT2D eigenvalue weighted by atomic mass is 16.3. The van der Waals surface area contributed by atoms with Gasteiger partial charge in [-0.3, -0.25) is 14.4 Å². The van der Waals surface area contributed by atoms with Crippen molar-refractivity contribution in [3.8, 4) is 0 Å². The van der Waals surface area contributed by atoms with Crippen molar-refractivity contribution < 1.29 is 19.5 Å². The van der Waals surface area contributed by atoms with E-state index in [0.717, 1.165) is 31.2 Å². The van der Waals surface area contributed by atoms with E-state index in [1.165, 1.54) is 6.42 Å². The Morgan fingerprint density at radius 2 is 1.70 bits per heavy atom. The van der Waals surface area contributed by atoms with Crippen LogP contribution >= 0.6 is 0 Å². The van der Waals surface area contributed by atoms with Crippen LogP contribution in [0.25, 0.3) is 0 Å². The van der Waals surface area contributed by atoms with Gasteiger partial charge in [-0.25, -0.2) is 0 Å². The monoisotopic (exact) mass is 458 g/mol. The zero-order chi connectivity index (χ0) is 24.2. The van der Waals surface area contributed by atoms with Gasteiger partial charge in [-0.15, -0.1) is 0 Å². The molecular weight excluding hydrogens is 416 g/mol. The second-order valence-electron chi connectivity index (χ2n) is 9.93. The number of aliphatic hydroxyl groups excluding tert-OH is 1. The van der Waals surface area contributed by atoms with E-state index in [1.807, 2.05) is 51.1 Å². The van der Waals surface area contributed by atoms with E-state index in [-0.39, 0.29) is 29.9 Å². The van der Waals surface area contributed by atoms with Crippen LogP contribution < -0.4 is 10.6 Å². The molecule has 3 N–H and O–H groups in total. The first-order valence-corrected chi connectivity index (χ1v) is 12.6. The standard InChI is InChI=1S/C27H42N2O4/c1-4-11-24(30)26(32)22(17-20-12-7-5-8-13-20)29-27(33)23(16-19(2)3)28-25(31)18-21-14-9-6-10-15-21/h6,9-10,14-15,19-20,22-23,26,32H,4-5,7-8,11-13,16-18H2,1-3H3,(H,28,31)(H,29,33)/t22-,23-,26+/m0/s1. The molecule has 1 aliphatic carbocycles. The summed E-state index contributed by atoms with van der Waals surface area (Å²) in [5.41, 5.74) is 0.884. The molecule has 1 aliphatic rings. The van der Waals surface area contributed by atoms with E-state index in [2.05, 4.69) is 10.6 Å². The Bertz CT molecular complexity index is 744. The molecule has 0 spiro atoms. The summed E-state index contributed by atoms with van der Waals surface area (Å²) in [4.78, 5) is 38.4. The van der Waals surface area contributed by atoms with Crippen LogP contribution in [0.15, 0.2) is 30.3 Å². The second-order valence-corrected chi connectivity index (χ2v) is 9.93. The molecule has 0 heterocycles. The van der Waals surface area contributed by atoms with Crippen LogP contribution in [-0.4, -0.2) is 40.9 Å². The molecule has 1 saturated carbocycles. The van der Waals surface area contributed by atoms with Crippen LogP contribution in [0.3, 0.4) is 0 Å². The third-order valence-corrected chi connectivity index (χ3v) is 6.41. The Labute approximate surface area is 198 Å². The molecule has 3 atom stereocenters. The molecule has 6 heteroatoms. The number of amides is 2. The number of hydrogen-bond acceptors (Lipinski definition) is 4. The predicted molar refractivity (Wildman–Crippen MR) is 131 cm³/mol. The van der Waals surface area contributed by atoms with Crippen molar-refractivity contribution >= 4 is 17.6 Å². The third kappa shape index (κ3) is 9.66. The van der Waals surface area contributed by atoms with Gasteiger partial charge in [-0.2, -0.15) is 0 Å². The summed E-state index contributed by atoms with van der Waals surface area (Å²) in [6.07, 6.45) is 6.65. The Hall–Kier alpha value is -2.21. The van der Waals surface area contributed by atoms with E-state index in [0.29, 0.717) is 31.6 Å². The lowest BCUT2D eigenvalue weighted by atomic mass is 9.83. The van der Waals surface area contributed by atoms with Gasteiger partial charge < -0.3 is 15.7 Å². The van der Waals surface area contributed by atoms with Gasteiger partial charge in [0.05, 0.1) is 12.5 Å². The van der Waals surface area contributed by atoms with Crippen LogP contribution in [0.2, 0.25) is 0 Å². The number of hydrogen-bond donors (Lipinski definition) is 3. The van der Waals surface area contributed by atoms with Crippen LogP contribution in [0.1, 0.15) is 84.1 Å². The van der Waals surface area contributed by atoms with Crippen molar-refractivity contribution in [3.63, 3.8) is 0 Å². The van der Waals surface area contributed by atoms with Crippen molar-refractivity contribution in [2.24, 2.45) is 11.8 Å². The summed E-state index contributed by atoms with van der Waals surface area (Å²) >= 11 is 0. The highest BCUT2D eigenvalue weighted by Crippen LogP contribution is 2.28. The minimum Gasteiger partial charge on any atom is -0.383 e. The Morgan fingerprint density at radius 3 is 2.30 bits per heavy atom. The summed E-state index contributed by atoms with van der Waals surface area (Å²) in [6, 6.07) is 8.09. The summed E-state index contributed by atoms with van der Waals surface area (Å²) in [5, 5.41) is 16.6. The molecule has 2 amide bonds. The maximum absolute atomic E-state index is 13.3. The number of nitrogens with one attached hydrogen (secondary N) is 2. The summed E-state index contributed by atoms with van der Waals surface area (Å²) in [7, 11) is 0. The molecule has 33 heavy (non-hydrogen) atoms. The minimum atomic E-state index is -1.21. The van der Waals surface area contributed by atoms with Crippen molar-refractivity contribution in [3.05, 3.63) is 35.9 Å². The number of rotatable bonds is 13. The molecule has 0 aromatic heterocycles. The molecule has 6 nitrogen and oxygen atoms in total. The summed E-state index contributed by atoms with van der Waals surface area (Å²) in [6.45, 7) is 5.91. The SMILES string of the molecule is CCCC(=O)[C@H](O)[C@H](CC1CCCCC1)NC(=O)[C@H](CC(C)C)NC(=O)Cc1ccccc1. The van der Waals surface area contributed by atoms with Gasteiger partial charge in [-0.1, -0.05) is 83.2 Å². The maximum atomic E-state index is 13.3. The molecule has 0 saturated heterocycles. The molecular formula is C27H42N2O4. The number of carbonyl (C=O) groups is 3. The number of aliphatic hydroxyl groups is 1. The van der Waals surface area contributed by atoms with E-state index in [1.54, 1.807) is 0 Å². The smallest absolute Gasteiger partial charge is 0.242 e. The first kappa shape index (κ1) is 27.0. The van der Waals surface area contributed by atoms with Gasteiger partial charge in [0.2, 0.25) is 11.8 Å². The van der Waals surface area contributed by atoms with Crippen LogP contribution in [0, 0.1) is 11.8 Å². The van der Waals surface area contributed by atoms with Gasteiger partial charge in [0.25, 0.3) is 0 Å². The molecule has 184 valence electrons. The van der Waals surface area contributed by atoms with Crippen molar-refractivity contribution in [2.45, 2.75) is 103 Å². The summed E-state index contributed by atoms with van der Waals surface area (Å²) in [5.74, 6) is -0.180. The molecule has 0 aliphatic heterocycles. The molecule has 2 rings (SSSR count). The third-order valence-electron chi connectivity index (χ3n) is 6.41. The lowest BCUT2D eigenvalue weighted by Gasteiger charge is -2.31. The van der Waals surface area contributed by atoms with Crippen LogP contribution in [0.4, 0.5) is 0 Å². The lowest BCUT2D eigenvalue weighted by molar-refractivity contribution is -0.133. The molecule has 1 aromatic rings. The largest absolute Gasteiger partial charge is 0.383 e. The fourth-order valence-electron chi connectivity index (χ4n) is 4.68. The Morgan fingerprint density at radius 1 is 1.03 bits per heavy atom. The van der Waals surface area contributed by atoms with Crippen molar-refractivity contribution in [1.82, 2.24) is 10.6 Å².